The van der Waals surface area contributed by atoms with E-state index in [1.54, 1.807) is 0 Å². The van der Waals surface area contributed by atoms with E-state index in [1.807, 2.05) is 30.7 Å². The first kappa shape index (κ1) is 18.3. The lowest BCUT2D eigenvalue weighted by Crippen LogP contribution is -2.45. The molecule has 2 unspecified atom stereocenters. The number of likely N-dealkylation sites (tertiary alicyclic amines) is 1. The lowest BCUT2D eigenvalue weighted by atomic mass is 10.2. The van der Waals surface area contributed by atoms with Crippen molar-refractivity contribution in [2.75, 3.05) is 30.4 Å². The van der Waals surface area contributed by atoms with E-state index in [0.29, 0.717) is 12.1 Å². The molecule has 5 heterocycles. The molecule has 6 rings (SSSR count). The zero-order valence-electron chi connectivity index (χ0n) is 17.5. The van der Waals surface area contributed by atoms with E-state index in [4.69, 9.17) is 4.98 Å². The third-order valence-corrected chi connectivity index (χ3v) is 6.51. The highest BCUT2D eigenvalue weighted by molar-refractivity contribution is 5.68. The van der Waals surface area contributed by atoms with Gasteiger partial charge in [0, 0.05) is 61.9 Å². The fourth-order valence-electron chi connectivity index (χ4n) is 4.84. The Labute approximate surface area is 181 Å². The highest BCUT2D eigenvalue weighted by Gasteiger charge is 2.42. The molecule has 7 nitrogen and oxygen atoms in total. The third-order valence-electron chi connectivity index (χ3n) is 6.51. The van der Waals surface area contributed by atoms with Crippen molar-refractivity contribution in [3.63, 3.8) is 0 Å². The molecule has 4 aromatic rings. The number of likely N-dealkylation sites (N-methyl/N-ethyl adjacent to an activating group) is 1. The van der Waals surface area contributed by atoms with Crippen molar-refractivity contribution in [1.82, 2.24) is 24.3 Å². The zero-order chi connectivity index (χ0) is 20.8. The molecule has 1 N–H and O–H groups in total. The quantitative estimate of drug-likeness (QED) is 0.544. The van der Waals surface area contributed by atoms with Crippen LogP contribution in [0.25, 0.3) is 16.9 Å². The molecule has 31 heavy (non-hydrogen) atoms. The average molecular weight is 412 g/mol. The Kier molecular flexibility index (Phi) is 4.35. The van der Waals surface area contributed by atoms with Gasteiger partial charge in [-0.3, -0.25) is 9.30 Å². The summed E-state index contributed by atoms with van der Waals surface area (Å²) in [5.74, 6) is 1.83. The third kappa shape index (κ3) is 3.31. The number of aromatic nitrogens is 4. The number of rotatable bonds is 5. The molecule has 2 aliphatic rings. The van der Waals surface area contributed by atoms with Gasteiger partial charge in [-0.05, 0) is 31.2 Å². The molecule has 0 radical (unpaired) electrons. The SMILES string of the molecule is CN1CC2CC1CN2c1nc(-c2ccnc(NCc3ccccc3)c2)cc2nccn12. The van der Waals surface area contributed by atoms with E-state index in [2.05, 4.69) is 72.9 Å². The van der Waals surface area contributed by atoms with E-state index in [-0.39, 0.29) is 0 Å². The summed E-state index contributed by atoms with van der Waals surface area (Å²) in [5.41, 5.74) is 4.11. The minimum atomic E-state index is 0.517. The molecular weight excluding hydrogens is 386 g/mol. The first-order chi connectivity index (χ1) is 15.2. The predicted molar refractivity (Wildman–Crippen MR) is 122 cm³/mol. The van der Waals surface area contributed by atoms with Crippen LogP contribution in [-0.2, 0) is 6.54 Å². The summed E-state index contributed by atoms with van der Waals surface area (Å²) in [5, 5.41) is 3.42. The molecule has 0 aliphatic carbocycles. The first-order valence-electron chi connectivity index (χ1n) is 10.8. The normalized spacial score (nSPS) is 20.6. The minimum absolute atomic E-state index is 0.517. The van der Waals surface area contributed by atoms with Gasteiger partial charge in [-0.25, -0.2) is 15.0 Å². The molecule has 3 aromatic heterocycles. The van der Waals surface area contributed by atoms with Crippen LogP contribution in [0.5, 0.6) is 0 Å². The first-order valence-corrected chi connectivity index (χ1v) is 10.8. The number of piperazine rings is 1. The van der Waals surface area contributed by atoms with Gasteiger partial charge < -0.3 is 10.2 Å². The Bertz CT molecular complexity index is 1220. The van der Waals surface area contributed by atoms with E-state index >= 15 is 0 Å². The molecule has 1 aromatic carbocycles. The topological polar surface area (TPSA) is 61.6 Å². The van der Waals surface area contributed by atoms with E-state index in [9.17, 15) is 0 Å². The van der Waals surface area contributed by atoms with Crippen LogP contribution in [-0.4, -0.2) is 56.5 Å². The summed E-state index contributed by atoms with van der Waals surface area (Å²) in [6.07, 6.45) is 6.91. The van der Waals surface area contributed by atoms with Gasteiger partial charge in [-0.1, -0.05) is 30.3 Å². The second kappa shape index (κ2) is 7.35. The van der Waals surface area contributed by atoms with Gasteiger partial charge in [0.15, 0.2) is 0 Å². The summed E-state index contributed by atoms with van der Waals surface area (Å²) in [6.45, 7) is 2.85. The molecule has 0 spiro atoms. The van der Waals surface area contributed by atoms with Crippen molar-refractivity contribution in [2.45, 2.75) is 25.0 Å². The second-order valence-electron chi connectivity index (χ2n) is 8.50. The lowest BCUT2D eigenvalue weighted by Gasteiger charge is -2.33. The van der Waals surface area contributed by atoms with Crippen molar-refractivity contribution in [3.05, 3.63) is 72.7 Å². The molecule has 2 bridgehead atoms. The van der Waals surface area contributed by atoms with Gasteiger partial charge in [-0.15, -0.1) is 0 Å². The number of hydrogen-bond acceptors (Lipinski definition) is 6. The van der Waals surface area contributed by atoms with Crippen LogP contribution in [0.15, 0.2) is 67.1 Å². The Morgan fingerprint density at radius 3 is 2.71 bits per heavy atom. The van der Waals surface area contributed by atoms with Crippen LogP contribution in [0.2, 0.25) is 0 Å². The van der Waals surface area contributed by atoms with E-state index in [1.165, 1.54) is 12.0 Å². The maximum absolute atomic E-state index is 5.10. The number of hydrogen-bond donors (Lipinski definition) is 1. The second-order valence-corrected chi connectivity index (χ2v) is 8.50. The fourth-order valence-corrected chi connectivity index (χ4v) is 4.84. The summed E-state index contributed by atoms with van der Waals surface area (Å²) < 4.78 is 2.11. The van der Waals surface area contributed by atoms with Crippen LogP contribution in [0.3, 0.4) is 0 Å². The number of pyridine rings is 1. The molecular formula is C24H25N7. The summed E-state index contributed by atoms with van der Waals surface area (Å²) >= 11 is 0. The monoisotopic (exact) mass is 411 g/mol. The maximum atomic E-state index is 5.10. The van der Waals surface area contributed by atoms with Crippen LogP contribution in [0.4, 0.5) is 11.8 Å². The molecule has 0 amide bonds. The molecule has 156 valence electrons. The Balaban J connectivity index is 1.32. The highest BCUT2D eigenvalue weighted by Crippen LogP contribution is 2.34. The molecule has 2 atom stereocenters. The number of imidazole rings is 1. The van der Waals surface area contributed by atoms with E-state index < -0.39 is 0 Å². The number of nitrogens with one attached hydrogen (secondary N) is 1. The van der Waals surface area contributed by atoms with E-state index in [0.717, 1.165) is 48.3 Å². The summed E-state index contributed by atoms with van der Waals surface area (Å²) in [7, 11) is 2.22. The van der Waals surface area contributed by atoms with Crippen molar-refractivity contribution in [1.29, 1.82) is 0 Å². The summed E-state index contributed by atoms with van der Waals surface area (Å²) in [6, 6.07) is 17.6. The smallest absolute Gasteiger partial charge is 0.212 e. The molecule has 2 fully saturated rings. The average Bonchev–Trinajstić information content (AvgIpc) is 3.53. The van der Waals surface area contributed by atoms with Gasteiger partial charge in [-0.2, -0.15) is 0 Å². The van der Waals surface area contributed by atoms with Crippen molar-refractivity contribution in [2.24, 2.45) is 0 Å². The van der Waals surface area contributed by atoms with Gasteiger partial charge >= 0.3 is 0 Å². The fraction of sp³-hybridized carbons (Fsp3) is 0.292. The number of benzene rings is 1. The van der Waals surface area contributed by atoms with Crippen LogP contribution in [0, 0.1) is 0 Å². The van der Waals surface area contributed by atoms with Crippen LogP contribution in [0.1, 0.15) is 12.0 Å². The molecule has 0 saturated carbocycles. The van der Waals surface area contributed by atoms with Crippen LogP contribution < -0.4 is 10.2 Å². The Morgan fingerprint density at radius 2 is 1.90 bits per heavy atom. The molecule has 2 aliphatic heterocycles. The summed E-state index contributed by atoms with van der Waals surface area (Å²) in [4.78, 5) is 19.1. The molecule has 2 saturated heterocycles. The van der Waals surface area contributed by atoms with Crippen molar-refractivity contribution < 1.29 is 0 Å². The zero-order valence-corrected chi connectivity index (χ0v) is 17.5. The Morgan fingerprint density at radius 1 is 1.00 bits per heavy atom. The van der Waals surface area contributed by atoms with Crippen LogP contribution >= 0.6 is 0 Å². The maximum Gasteiger partial charge on any atom is 0.212 e. The lowest BCUT2D eigenvalue weighted by molar-refractivity contribution is 0.291. The predicted octanol–water partition coefficient (Wildman–Crippen LogP) is 3.30. The standard InChI is InChI=1S/C24H25N7/c1-29-15-20-12-19(29)16-31(20)24-28-21(13-23-26-9-10-30(23)24)18-7-8-25-22(11-18)27-14-17-5-3-2-4-6-17/h2-11,13,19-20H,12,14-16H2,1H3,(H,25,27). The van der Waals surface area contributed by atoms with Gasteiger partial charge in [0.2, 0.25) is 5.95 Å². The van der Waals surface area contributed by atoms with Crippen molar-refractivity contribution >= 4 is 17.4 Å². The number of anilines is 2. The molecule has 7 heteroatoms. The minimum Gasteiger partial charge on any atom is -0.366 e. The number of nitrogens with zero attached hydrogens (tertiary/aromatic N) is 6. The Hall–Kier alpha value is -3.45. The van der Waals surface area contributed by atoms with Gasteiger partial charge in [0.25, 0.3) is 0 Å². The van der Waals surface area contributed by atoms with Gasteiger partial charge in [0.1, 0.15) is 11.5 Å². The number of fused-ring (bicyclic) bond motifs is 3. The van der Waals surface area contributed by atoms with Crippen molar-refractivity contribution in [3.8, 4) is 11.3 Å². The highest BCUT2D eigenvalue weighted by atomic mass is 15.4. The van der Waals surface area contributed by atoms with Gasteiger partial charge in [0.05, 0.1) is 5.69 Å². The largest absolute Gasteiger partial charge is 0.366 e.